The van der Waals surface area contributed by atoms with Gasteiger partial charge in [0, 0.05) is 11.3 Å². The van der Waals surface area contributed by atoms with Crippen LogP contribution in [0.2, 0.25) is 0 Å². The minimum atomic E-state index is -0.408. The largest absolute Gasteiger partial charge is 0.497 e. The zero-order valence-corrected chi connectivity index (χ0v) is 11.8. The van der Waals surface area contributed by atoms with Crippen LogP contribution in [0.5, 0.6) is 5.75 Å². The first-order valence-electron chi connectivity index (χ1n) is 6.42. The number of rotatable bonds is 4. The highest BCUT2D eigenvalue weighted by molar-refractivity contribution is 6.06. The molecular formula is C16H16N2O3. The van der Waals surface area contributed by atoms with E-state index in [9.17, 15) is 9.59 Å². The van der Waals surface area contributed by atoms with E-state index in [2.05, 4.69) is 10.6 Å². The molecule has 0 radical (unpaired) electrons. The Hall–Kier alpha value is -2.82. The summed E-state index contributed by atoms with van der Waals surface area (Å²) in [6.45, 7) is 1.46. The first-order chi connectivity index (χ1) is 10.1. The minimum Gasteiger partial charge on any atom is -0.497 e. The molecule has 108 valence electrons. The van der Waals surface area contributed by atoms with E-state index in [-0.39, 0.29) is 5.78 Å². The number of amides is 2. The molecule has 0 fully saturated rings. The quantitative estimate of drug-likeness (QED) is 0.844. The molecule has 0 aromatic heterocycles. The second-order valence-corrected chi connectivity index (χ2v) is 4.41. The number of ether oxygens (including phenoxy) is 1. The molecule has 0 unspecified atom stereocenters. The summed E-state index contributed by atoms with van der Waals surface area (Å²) in [5, 5.41) is 5.36. The first-order valence-corrected chi connectivity index (χ1v) is 6.42. The van der Waals surface area contributed by atoms with E-state index >= 15 is 0 Å². The van der Waals surface area contributed by atoms with Crippen molar-refractivity contribution in [3.05, 3.63) is 54.1 Å². The molecule has 0 bridgehead atoms. The predicted octanol–water partition coefficient (Wildman–Crippen LogP) is 3.54. The van der Waals surface area contributed by atoms with E-state index in [0.29, 0.717) is 22.7 Å². The van der Waals surface area contributed by atoms with Crippen molar-refractivity contribution in [3.63, 3.8) is 0 Å². The lowest BCUT2D eigenvalue weighted by atomic mass is 10.1. The van der Waals surface area contributed by atoms with E-state index in [1.165, 1.54) is 6.92 Å². The van der Waals surface area contributed by atoms with Gasteiger partial charge in [-0.1, -0.05) is 12.1 Å². The molecule has 0 spiro atoms. The number of hydrogen-bond acceptors (Lipinski definition) is 3. The van der Waals surface area contributed by atoms with Crippen molar-refractivity contribution in [2.75, 3.05) is 17.7 Å². The van der Waals surface area contributed by atoms with Crippen LogP contribution in [0.1, 0.15) is 17.3 Å². The Morgan fingerprint density at radius 1 is 0.952 bits per heavy atom. The molecule has 0 saturated carbocycles. The maximum atomic E-state index is 11.9. The molecule has 2 aromatic rings. The summed E-state index contributed by atoms with van der Waals surface area (Å²) in [4.78, 5) is 23.4. The normalized spacial score (nSPS) is 9.81. The number of benzene rings is 2. The van der Waals surface area contributed by atoms with Crippen molar-refractivity contribution in [1.29, 1.82) is 0 Å². The molecule has 5 nitrogen and oxygen atoms in total. The third kappa shape index (κ3) is 3.82. The summed E-state index contributed by atoms with van der Waals surface area (Å²) in [5.41, 5.74) is 1.59. The molecular weight excluding hydrogens is 268 g/mol. The minimum absolute atomic E-state index is 0.102. The number of urea groups is 1. The Labute approximate surface area is 122 Å². The predicted molar refractivity (Wildman–Crippen MR) is 82.1 cm³/mol. The van der Waals surface area contributed by atoms with Crippen molar-refractivity contribution in [1.82, 2.24) is 0 Å². The van der Waals surface area contributed by atoms with Crippen molar-refractivity contribution in [2.24, 2.45) is 0 Å². The summed E-state index contributed by atoms with van der Waals surface area (Å²) in [5.74, 6) is 0.609. The zero-order chi connectivity index (χ0) is 15.2. The number of carbonyl (C=O) groups is 2. The van der Waals surface area contributed by atoms with Crippen LogP contribution >= 0.6 is 0 Å². The van der Waals surface area contributed by atoms with Crippen LogP contribution in [-0.4, -0.2) is 18.9 Å². The van der Waals surface area contributed by atoms with Gasteiger partial charge in [0.05, 0.1) is 12.8 Å². The lowest BCUT2D eigenvalue weighted by molar-refractivity contribution is 0.101. The van der Waals surface area contributed by atoms with E-state index in [1.54, 1.807) is 55.6 Å². The molecule has 2 rings (SSSR count). The van der Waals surface area contributed by atoms with Crippen molar-refractivity contribution in [2.45, 2.75) is 6.92 Å². The molecule has 21 heavy (non-hydrogen) atoms. The van der Waals surface area contributed by atoms with Gasteiger partial charge in [0.25, 0.3) is 0 Å². The molecule has 2 amide bonds. The number of nitrogens with one attached hydrogen (secondary N) is 2. The lowest BCUT2D eigenvalue weighted by Gasteiger charge is -2.10. The highest BCUT2D eigenvalue weighted by Crippen LogP contribution is 2.17. The standard InChI is InChI=1S/C16H16N2O3/c1-11(19)14-5-3-4-6-15(14)18-16(20)17-12-7-9-13(21-2)10-8-12/h3-10H,1-2H3,(H2,17,18,20). The zero-order valence-electron chi connectivity index (χ0n) is 11.8. The van der Waals surface area contributed by atoms with Gasteiger partial charge in [0.2, 0.25) is 0 Å². The van der Waals surface area contributed by atoms with Gasteiger partial charge in [-0.15, -0.1) is 0 Å². The van der Waals surface area contributed by atoms with E-state index < -0.39 is 6.03 Å². The molecule has 2 N–H and O–H groups in total. The number of para-hydroxylation sites is 1. The summed E-state index contributed by atoms with van der Waals surface area (Å²) < 4.78 is 5.05. The third-order valence-corrected chi connectivity index (χ3v) is 2.90. The highest BCUT2D eigenvalue weighted by Gasteiger charge is 2.09. The molecule has 0 heterocycles. The van der Waals surface area contributed by atoms with E-state index in [4.69, 9.17) is 4.74 Å². The van der Waals surface area contributed by atoms with Crippen LogP contribution in [0, 0.1) is 0 Å². The summed E-state index contributed by atoms with van der Waals surface area (Å²) >= 11 is 0. The van der Waals surface area contributed by atoms with Crippen LogP contribution in [0.15, 0.2) is 48.5 Å². The fourth-order valence-electron chi connectivity index (χ4n) is 1.86. The molecule has 5 heteroatoms. The number of ketones is 1. The smallest absolute Gasteiger partial charge is 0.323 e. The Balaban J connectivity index is 2.06. The molecule has 0 atom stereocenters. The Morgan fingerprint density at radius 2 is 1.62 bits per heavy atom. The number of hydrogen-bond donors (Lipinski definition) is 2. The molecule has 0 saturated heterocycles. The highest BCUT2D eigenvalue weighted by atomic mass is 16.5. The van der Waals surface area contributed by atoms with Crippen LogP contribution < -0.4 is 15.4 Å². The molecule has 0 aliphatic rings. The van der Waals surface area contributed by atoms with Gasteiger partial charge < -0.3 is 15.4 Å². The Kier molecular flexibility index (Phi) is 4.56. The monoisotopic (exact) mass is 284 g/mol. The molecule has 2 aromatic carbocycles. The number of anilines is 2. The van der Waals surface area contributed by atoms with Gasteiger partial charge in [-0.3, -0.25) is 4.79 Å². The van der Waals surface area contributed by atoms with E-state index in [0.717, 1.165) is 0 Å². The maximum absolute atomic E-state index is 11.9. The van der Waals surface area contributed by atoms with Crippen LogP contribution in [0.25, 0.3) is 0 Å². The first kappa shape index (κ1) is 14.6. The van der Waals surface area contributed by atoms with E-state index in [1.807, 2.05) is 0 Å². The fraction of sp³-hybridized carbons (Fsp3) is 0.125. The van der Waals surface area contributed by atoms with Gasteiger partial charge in [0.15, 0.2) is 5.78 Å². The topological polar surface area (TPSA) is 67.4 Å². The van der Waals surface area contributed by atoms with Gasteiger partial charge in [-0.25, -0.2) is 4.79 Å². The fourth-order valence-corrected chi connectivity index (χ4v) is 1.86. The van der Waals surface area contributed by atoms with Gasteiger partial charge in [-0.05, 0) is 43.3 Å². The Morgan fingerprint density at radius 3 is 2.24 bits per heavy atom. The second kappa shape index (κ2) is 6.56. The van der Waals surface area contributed by atoms with Gasteiger partial charge in [-0.2, -0.15) is 0 Å². The maximum Gasteiger partial charge on any atom is 0.323 e. The van der Waals surface area contributed by atoms with Crippen LogP contribution in [0.3, 0.4) is 0 Å². The molecule has 0 aliphatic carbocycles. The average molecular weight is 284 g/mol. The Bertz CT molecular complexity index is 651. The molecule has 0 aliphatic heterocycles. The van der Waals surface area contributed by atoms with Crippen LogP contribution in [0.4, 0.5) is 16.2 Å². The summed E-state index contributed by atoms with van der Waals surface area (Å²) in [6.07, 6.45) is 0. The average Bonchev–Trinajstić information content (AvgIpc) is 2.48. The number of methoxy groups -OCH3 is 1. The second-order valence-electron chi connectivity index (χ2n) is 4.41. The van der Waals surface area contributed by atoms with Crippen molar-refractivity contribution in [3.8, 4) is 5.75 Å². The van der Waals surface area contributed by atoms with Gasteiger partial charge >= 0.3 is 6.03 Å². The summed E-state index contributed by atoms with van der Waals surface area (Å²) in [6, 6.07) is 13.4. The van der Waals surface area contributed by atoms with Crippen LogP contribution in [-0.2, 0) is 0 Å². The van der Waals surface area contributed by atoms with Gasteiger partial charge in [0.1, 0.15) is 5.75 Å². The van der Waals surface area contributed by atoms with Crippen molar-refractivity contribution >= 4 is 23.2 Å². The lowest BCUT2D eigenvalue weighted by Crippen LogP contribution is -2.20. The van der Waals surface area contributed by atoms with Crippen molar-refractivity contribution < 1.29 is 14.3 Å². The SMILES string of the molecule is COc1ccc(NC(=O)Nc2ccccc2C(C)=O)cc1. The number of Topliss-reactive ketones (excluding diaryl/α,β-unsaturated/α-hetero) is 1. The number of carbonyl (C=O) groups excluding carboxylic acids is 2. The summed E-state index contributed by atoms with van der Waals surface area (Å²) in [7, 11) is 1.58. The third-order valence-electron chi connectivity index (χ3n) is 2.90.